The molecular formula is C12H18N2O3. The third-order valence-corrected chi connectivity index (χ3v) is 2.75. The molecule has 0 aliphatic carbocycles. The lowest BCUT2D eigenvalue weighted by atomic mass is 10.1. The molecule has 0 aliphatic rings. The Bertz CT molecular complexity index is 389. The van der Waals surface area contributed by atoms with Crippen LogP contribution in [0.5, 0.6) is 5.75 Å². The van der Waals surface area contributed by atoms with Crippen molar-refractivity contribution >= 4 is 11.4 Å². The molecule has 1 rings (SSSR count). The molecule has 0 aromatic heterocycles. The smallest absolute Gasteiger partial charge is 0.296 e. The van der Waals surface area contributed by atoms with E-state index in [1.807, 2.05) is 0 Å². The quantitative estimate of drug-likeness (QED) is 0.610. The van der Waals surface area contributed by atoms with Crippen molar-refractivity contribution in [3.63, 3.8) is 0 Å². The van der Waals surface area contributed by atoms with E-state index in [-0.39, 0.29) is 11.7 Å². The highest BCUT2D eigenvalue weighted by Crippen LogP contribution is 2.29. The molecule has 0 amide bonds. The Hall–Kier alpha value is -1.78. The molecule has 1 aromatic rings. The number of hydrogen-bond acceptors (Lipinski definition) is 4. The largest absolute Gasteiger partial charge is 0.496 e. The van der Waals surface area contributed by atoms with Crippen LogP contribution < -0.4 is 10.1 Å². The number of ether oxygens (including phenoxy) is 1. The molecule has 0 bridgehead atoms. The fourth-order valence-corrected chi connectivity index (χ4v) is 1.62. The van der Waals surface area contributed by atoms with Gasteiger partial charge in [-0.15, -0.1) is 0 Å². The van der Waals surface area contributed by atoms with Gasteiger partial charge in [0.25, 0.3) is 5.69 Å². The first-order valence-electron chi connectivity index (χ1n) is 5.71. The highest BCUT2D eigenvalue weighted by Gasteiger charge is 2.16. The van der Waals surface area contributed by atoms with Crippen LogP contribution in [0.1, 0.15) is 26.7 Å². The lowest BCUT2D eigenvalue weighted by Crippen LogP contribution is -2.17. The molecule has 0 atom stereocenters. The minimum atomic E-state index is -0.396. The summed E-state index contributed by atoms with van der Waals surface area (Å²) in [7, 11) is 1.49. The second-order valence-corrected chi connectivity index (χ2v) is 3.80. The summed E-state index contributed by atoms with van der Waals surface area (Å²) >= 11 is 0. The number of nitro benzene ring substituents is 1. The second-order valence-electron chi connectivity index (χ2n) is 3.80. The van der Waals surface area contributed by atoms with E-state index in [4.69, 9.17) is 4.74 Å². The molecule has 1 N–H and O–H groups in total. The van der Waals surface area contributed by atoms with Crippen molar-refractivity contribution in [2.45, 2.75) is 32.7 Å². The summed E-state index contributed by atoms with van der Waals surface area (Å²) in [4.78, 5) is 10.6. The third-order valence-electron chi connectivity index (χ3n) is 2.75. The summed E-state index contributed by atoms with van der Waals surface area (Å²) in [6, 6.07) is 5.10. The monoisotopic (exact) mass is 238 g/mol. The van der Waals surface area contributed by atoms with Crippen molar-refractivity contribution < 1.29 is 9.66 Å². The summed E-state index contributed by atoms with van der Waals surface area (Å²) in [5.41, 5.74) is 0.598. The van der Waals surface area contributed by atoms with E-state index < -0.39 is 4.92 Å². The van der Waals surface area contributed by atoms with Gasteiger partial charge in [0.15, 0.2) is 0 Å². The van der Waals surface area contributed by atoms with Gasteiger partial charge in [0.05, 0.1) is 18.1 Å². The Morgan fingerprint density at radius 1 is 1.41 bits per heavy atom. The van der Waals surface area contributed by atoms with Gasteiger partial charge in [-0.2, -0.15) is 0 Å². The molecule has 5 heteroatoms. The van der Waals surface area contributed by atoms with Crippen molar-refractivity contribution in [2.24, 2.45) is 0 Å². The van der Waals surface area contributed by atoms with Crippen LogP contribution in [0, 0.1) is 10.1 Å². The van der Waals surface area contributed by atoms with Crippen LogP contribution >= 0.6 is 0 Å². The summed E-state index contributed by atoms with van der Waals surface area (Å²) < 4.78 is 4.99. The number of rotatable bonds is 6. The van der Waals surface area contributed by atoms with Gasteiger partial charge in [-0.1, -0.05) is 13.8 Å². The predicted octanol–water partition coefficient (Wildman–Crippen LogP) is 3.20. The first-order chi connectivity index (χ1) is 8.12. The Morgan fingerprint density at radius 3 is 2.53 bits per heavy atom. The summed E-state index contributed by atoms with van der Waals surface area (Å²) in [5, 5.41) is 14.1. The van der Waals surface area contributed by atoms with E-state index in [9.17, 15) is 10.1 Å². The molecule has 0 unspecified atom stereocenters. The van der Waals surface area contributed by atoms with Crippen LogP contribution in [0.25, 0.3) is 0 Å². The minimum Gasteiger partial charge on any atom is -0.496 e. The Kier molecular flexibility index (Phi) is 4.75. The Balaban J connectivity index is 3.01. The third kappa shape index (κ3) is 3.34. The van der Waals surface area contributed by atoms with Crippen molar-refractivity contribution in [2.75, 3.05) is 12.4 Å². The fraction of sp³-hybridized carbons (Fsp3) is 0.500. The fourth-order valence-electron chi connectivity index (χ4n) is 1.62. The first kappa shape index (κ1) is 13.3. The van der Waals surface area contributed by atoms with E-state index in [0.29, 0.717) is 11.4 Å². The average molecular weight is 238 g/mol. The molecule has 0 radical (unpaired) electrons. The van der Waals surface area contributed by atoms with E-state index in [0.717, 1.165) is 12.8 Å². The normalized spacial score (nSPS) is 10.4. The molecule has 0 spiro atoms. The molecular weight excluding hydrogens is 220 g/mol. The van der Waals surface area contributed by atoms with Gasteiger partial charge in [-0.05, 0) is 25.0 Å². The van der Waals surface area contributed by atoms with Crippen molar-refractivity contribution in [1.82, 2.24) is 0 Å². The van der Waals surface area contributed by atoms with Crippen molar-refractivity contribution in [3.05, 3.63) is 28.3 Å². The van der Waals surface area contributed by atoms with Crippen molar-refractivity contribution in [1.29, 1.82) is 0 Å². The summed E-state index contributed by atoms with van der Waals surface area (Å²) in [5.74, 6) is 0.492. The van der Waals surface area contributed by atoms with E-state index in [1.54, 1.807) is 12.1 Å². The van der Waals surface area contributed by atoms with Gasteiger partial charge in [0.1, 0.15) is 11.4 Å². The molecule has 1 aromatic carbocycles. The van der Waals surface area contributed by atoms with E-state index in [1.165, 1.54) is 13.2 Å². The van der Waals surface area contributed by atoms with Gasteiger partial charge in [0, 0.05) is 6.04 Å². The van der Waals surface area contributed by atoms with Crippen LogP contribution in [0.2, 0.25) is 0 Å². The number of hydrogen-bond donors (Lipinski definition) is 1. The van der Waals surface area contributed by atoms with E-state index in [2.05, 4.69) is 19.2 Å². The Labute approximate surface area is 101 Å². The molecule has 0 aliphatic heterocycles. The molecule has 0 saturated heterocycles. The highest BCUT2D eigenvalue weighted by atomic mass is 16.6. The SMILES string of the molecule is CCC(CC)Nc1ccc(OC)cc1[N+](=O)[O-]. The second kappa shape index (κ2) is 6.08. The molecule has 5 nitrogen and oxygen atoms in total. The zero-order chi connectivity index (χ0) is 12.8. The topological polar surface area (TPSA) is 64.4 Å². The number of anilines is 1. The maximum atomic E-state index is 11.0. The lowest BCUT2D eigenvalue weighted by molar-refractivity contribution is -0.384. The number of methoxy groups -OCH3 is 1. The highest BCUT2D eigenvalue weighted by molar-refractivity contribution is 5.64. The van der Waals surface area contributed by atoms with Crippen LogP contribution in [-0.2, 0) is 0 Å². The molecule has 0 saturated carbocycles. The molecule has 94 valence electrons. The van der Waals surface area contributed by atoms with Gasteiger partial charge in [-0.25, -0.2) is 0 Å². The van der Waals surface area contributed by atoms with Crippen molar-refractivity contribution in [3.8, 4) is 5.75 Å². The maximum Gasteiger partial charge on any atom is 0.296 e. The standard InChI is InChI=1S/C12H18N2O3/c1-4-9(5-2)13-11-7-6-10(17-3)8-12(11)14(15)16/h6-9,13H,4-5H2,1-3H3. The number of nitro groups is 1. The first-order valence-corrected chi connectivity index (χ1v) is 5.71. The lowest BCUT2D eigenvalue weighted by Gasteiger charge is -2.16. The zero-order valence-electron chi connectivity index (χ0n) is 10.4. The Morgan fingerprint density at radius 2 is 2.06 bits per heavy atom. The number of benzene rings is 1. The molecule has 17 heavy (non-hydrogen) atoms. The molecule has 0 fully saturated rings. The summed E-state index contributed by atoms with van der Waals surface area (Å²) in [6.07, 6.45) is 1.86. The van der Waals surface area contributed by atoms with Gasteiger partial charge in [-0.3, -0.25) is 10.1 Å². The van der Waals surface area contributed by atoms with Crippen LogP contribution in [0.3, 0.4) is 0 Å². The summed E-state index contributed by atoms with van der Waals surface area (Å²) in [6.45, 7) is 4.10. The number of nitrogens with zero attached hydrogens (tertiary/aromatic N) is 1. The van der Waals surface area contributed by atoms with Crippen LogP contribution in [0.15, 0.2) is 18.2 Å². The van der Waals surface area contributed by atoms with E-state index >= 15 is 0 Å². The van der Waals surface area contributed by atoms with Gasteiger partial charge < -0.3 is 10.1 Å². The predicted molar refractivity (Wildman–Crippen MR) is 67.6 cm³/mol. The zero-order valence-corrected chi connectivity index (χ0v) is 10.4. The van der Waals surface area contributed by atoms with Crippen LogP contribution in [-0.4, -0.2) is 18.1 Å². The average Bonchev–Trinajstić information content (AvgIpc) is 2.35. The number of nitrogens with one attached hydrogen (secondary N) is 1. The minimum absolute atomic E-state index is 0.0521. The van der Waals surface area contributed by atoms with Gasteiger partial charge in [0.2, 0.25) is 0 Å². The van der Waals surface area contributed by atoms with Gasteiger partial charge >= 0.3 is 0 Å². The van der Waals surface area contributed by atoms with Crippen LogP contribution in [0.4, 0.5) is 11.4 Å². The maximum absolute atomic E-state index is 11.0. The molecule has 0 heterocycles.